The lowest BCUT2D eigenvalue weighted by molar-refractivity contribution is -0.141. The van der Waals surface area contributed by atoms with E-state index >= 15 is 0 Å². The molecule has 0 spiro atoms. The Morgan fingerprint density at radius 2 is 1.89 bits per heavy atom. The summed E-state index contributed by atoms with van der Waals surface area (Å²) >= 11 is 0. The largest absolute Gasteiger partial charge is 0.497 e. The van der Waals surface area contributed by atoms with Crippen molar-refractivity contribution in [1.29, 1.82) is 0 Å². The Balaban J connectivity index is 1.50. The molecule has 2 N–H and O–H groups in total. The van der Waals surface area contributed by atoms with Crippen molar-refractivity contribution in [3.05, 3.63) is 29.8 Å². The third kappa shape index (κ3) is 3.67. The van der Waals surface area contributed by atoms with Crippen LogP contribution in [0.4, 0.5) is 0 Å². The highest BCUT2D eigenvalue weighted by molar-refractivity contribution is 5.82. The van der Waals surface area contributed by atoms with Gasteiger partial charge in [0.1, 0.15) is 5.75 Å². The van der Waals surface area contributed by atoms with E-state index < -0.39 is 0 Å². The fraction of sp³-hybridized carbons (Fsp3) is 0.696. The van der Waals surface area contributed by atoms with E-state index in [-0.39, 0.29) is 17.9 Å². The summed E-state index contributed by atoms with van der Waals surface area (Å²) in [7, 11) is 1.72. The van der Waals surface area contributed by atoms with Gasteiger partial charge in [-0.2, -0.15) is 0 Å². The van der Waals surface area contributed by atoms with Crippen LogP contribution in [0.1, 0.15) is 51.1 Å². The number of nitrogens with two attached hydrogens (primary N) is 1. The first-order chi connectivity index (χ1) is 13.5. The summed E-state index contributed by atoms with van der Waals surface area (Å²) in [6, 6.07) is 9.34. The number of benzene rings is 1. The standard InChI is InChI=1S/C23H35N3O2/c1-15(2)22(24)23(27)25-12-16-11-18(14-25)21-6-4-5-20(26(21)13-16)17-7-9-19(28-3)10-8-17/h7-10,15-16,18,20-22H,4-6,11-14,24H2,1-3H3/t16-,18+,20+,21-,22-/m0/s1. The highest BCUT2D eigenvalue weighted by atomic mass is 16.5. The van der Waals surface area contributed by atoms with E-state index in [0.717, 1.165) is 25.4 Å². The minimum absolute atomic E-state index is 0.153. The van der Waals surface area contributed by atoms with Gasteiger partial charge in [0.05, 0.1) is 13.2 Å². The highest BCUT2D eigenvalue weighted by Gasteiger charge is 2.46. The Morgan fingerprint density at radius 1 is 1.14 bits per heavy atom. The van der Waals surface area contributed by atoms with Crippen molar-refractivity contribution in [2.45, 2.75) is 57.7 Å². The van der Waals surface area contributed by atoms with Crippen molar-refractivity contribution < 1.29 is 9.53 Å². The number of carbonyl (C=O) groups excluding carboxylic acids is 1. The van der Waals surface area contributed by atoms with Crippen LogP contribution in [0.15, 0.2) is 24.3 Å². The summed E-state index contributed by atoms with van der Waals surface area (Å²) in [5.41, 5.74) is 7.59. The third-order valence-electron chi connectivity index (χ3n) is 7.20. The van der Waals surface area contributed by atoms with Crippen LogP contribution >= 0.6 is 0 Å². The van der Waals surface area contributed by atoms with Gasteiger partial charge < -0.3 is 15.4 Å². The SMILES string of the molecule is COc1ccc([C@H]2CCC[C@H]3[C@@H]4C[C@@H](CN(C(=O)[C@@H](N)C(C)C)C4)CN23)cc1. The highest BCUT2D eigenvalue weighted by Crippen LogP contribution is 2.44. The van der Waals surface area contributed by atoms with Gasteiger partial charge in [-0.1, -0.05) is 26.0 Å². The maximum Gasteiger partial charge on any atom is 0.239 e. The van der Waals surface area contributed by atoms with Crippen molar-refractivity contribution in [2.24, 2.45) is 23.5 Å². The molecule has 1 amide bonds. The number of hydrogen-bond donors (Lipinski definition) is 1. The molecule has 5 nitrogen and oxygen atoms in total. The number of hydrogen-bond acceptors (Lipinski definition) is 4. The quantitative estimate of drug-likeness (QED) is 0.865. The molecule has 0 saturated carbocycles. The Hall–Kier alpha value is -1.59. The monoisotopic (exact) mass is 385 g/mol. The van der Waals surface area contributed by atoms with Crippen LogP contribution in [0.3, 0.4) is 0 Å². The van der Waals surface area contributed by atoms with Crippen molar-refractivity contribution >= 4 is 5.91 Å². The van der Waals surface area contributed by atoms with Crippen LogP contribution in [0.25, 0.3) is 0 Å². The molecule has 5 atom stereocenters. The van der Waals surface area contributed by atoms with Crippen molar-refractivity contribution in [1.82, 2.24) is 9.80 Å². The molecule has 3 aliphatic rings. The van der Waals surface area contributed by atoms with Crippen LogP contribution in [-0.4, -0.2) is 54.5 Å². The Morgan fingerprint density at radius 3 is 2.57 bits per heavy atom. The molecule has 0 radical (unpaired) electrons. The van der Waals surface area contributed by atoms with Gasteiger partial charge in [0, 0.05) is 31.7 Å². The van der Waals surface area contributed by atoms with Crippen LogP contribution in [-0.2, 0) is 4.79 Å². The van der Waals surface area contributed by atoms with Crippen LogP contribution < -0.4 is 10.5 Å². The number of ether oxygens (including phenoxy) is 1. The second-order valence-electron chi connectivity index (χ2n) is 9.36. The summed E-state index contributed by atoms with van der Waals surface area (Å²) in [6.45, 7) is 6.92. The smallest absolute Gasteiger partial charge is 0.239 e. The normalized spacial score (nSPS) is 31.4. The minimum atomic E-state index is -0.367. The first-order valence-corrected chi connectivity index (χ1v) is 10.9. The van der Waals surface area contributed by atoms with Crippen molar-refractivity contribution in [3.63, 3.8) is 0 Å². The van der Waals surface area contributed by atoms with Gasteiger partial charge in [-0.25, -0.2) is 0 Å². The number of likely N-dealkylation sites (tertiary alicyclic amines) is 1. The summed E-state index contributed by atoms with van der Waals surface area (Å²) < 4.78 is 5.33. The molecule has 3 saturated heterocycles. The molecule has 1 aromatic rings. The number of nitrogens with zero attached hydrogens (tertiary/aromatic N) is 2. The van der Waals surface area contributed by atoms with Crippen LogP contribution in [0.5, 0.6) is 5.75 Å². The molecule has 2 bridgehead atoms. The van der Waals surface area contributed by atoms with Crippen molar-refractivity contribution in [3.8, 4) is 5.75 Å². The Labute approximate surface area is 169 Å². The molecular formula is C23H35N3O2. The molecule has 154 valence electrons. The van der Waals surface area contributed by atoms with Gasteiger partial charge in [-0.3, -0.25) is 9.69 Å². The Kier molecular flexibility index (Phi) is 5.66. The third-order valence-corrected chi connectivity index (χ3v) is 7.20. The van der Waals surface area contributed by atoms with E-state index in [2.05, 4.69) is 34.1 Å². The average Bonchev–Trinajstić information content (AvgIpc) is 2.72. The van der Waals surface area contributed by atoms with Crippen LogP contribution in [0.2, 0.25) is 0 Å². The predicted molar refractivity (Wildman–Crippen MR) is 111 cm³/mol. The van der Waals surface area contributed by atoms with Crippen LogP contribution in [0, 0.1) is 17.8 Å². The fourth-order valence-corrected chi connectivity index (χ4v) is 5.67. The molecule has 3 fully saturated rings. The van der Waals surface area contributed by atoms with E-state index in [9.17, 15) is 4.79 Å². The lowest BCUT2D eigenvalue weighted by atomic mass is 9.73. The van der Waals surface area contributed by atoms with E-state index in [1.807, 2.05) is 13.8 Å². The number of methoxy groups -OCH3 is 1. The van der Waals surface area contributed by atoms with Gasteiger partial charge in [0.25, 0.3) is 0 Å². The molecule has 3 heterocycles. The second kappa shape index (κ2) is 8.03. The lowest BCUT2D eigenvalue weighted by Crippen LogP contribution is -2.62. The first kappa shape index (κ1) is 19.7. The molecule has 0 aliphatic carbocycles. The molecule has 3 aliphatic heterocycles. The fourth-order valence-electron chi connectivity index (χ4n) is 5.67. The molecule has 1 aromatic carbocycles. The first-order valence-electron chi connectivity index (χ1n) is 10.9. The summed E-state index contributed by atoms with van der Waals surface area (Å²) in [6.07, 6.45) is 5.00. The molecule has 0 unspecified atom stereocenters. The maximum atomic E-state index is 12.9. The number of fused-ring (bicyclic) bond motifs is 4. The maximum absolute atomic E-state index is 12.9. The van der Waals surface area contributed by atoms with Gasteiger partial charge in [-0.05, 0) is 61.1 Å². The summed E-state index contributed by atoms with van der Waals surface area (Å²) in [5, 5.41) is 0. The van der Waals surface area contributed by atoms with E-state index in [0.29, 0.717) is 23.9 Å². The molecule has 28 heavy (non-hydrogen) atoms. The predicted octanol–water partition coefficient (Wildman–Crippen LogP) is 3.05. The number of amides is 1. The van der Waals surface area contributed by atoms with E-state index in [4.69, 9.17) is 10.5 Å². The van der Waals surface area contributed by atoms with Gasteiger partial charge in [-0.15, -0.1) is 0 Å². The minimum Gasteiger partial charge on any atom is -0.497 e. The zero-order valence-electron chi connectivity index (χ0n) is 17.5. The van der Waals surface area contributed by atoms with E-state index in [1.165, 1.54) is 31.2 Å². The molecular weight excluding hydrogens is 350 g/mol. The Bertz CT molecular complexity index is 690. The molecule has 0 aromatic heterocycles. The van der Waals surface area contributed by atoms with Crippen molar-refractivity contribution in [2.75, 3.05) is 26.7 Å². The second-order valence-corrected chi connectivity index (χ2v) is 9.36. The van der Waals surface area contributed by atoms with E-state index in [1.54, 1.807) is 7.11 Å². The molecule has 5 heteroatoms. The average molecular weight is 386 g/mol. The van der Waals surface area contributed by atoms with Gasteiger partial charge >= 0.3 is 0 Å². The summed E-state index contributed by atoms with van der Waals surface area (Å²) in [4.78, 5) is 17.7. The number of rotatable bonds is 4. The van der Waals surface area contributed by atoms with Gasteiger partial charge in [0.2, 0.25) is 5.91 Å². The molecule has 4 rings (SSSR count). The van der Waals surface area contributed by atoms with Gasteiger partial charge in [0.15, 0.2) is 0 Å². The lowest BCUT2D eigenvalue weighted by Gasteiger charge is -2.55. The zero-order chi connectivity index (χ0) is 19.8. The number of piperidine rings is 3. The number of carbonyl (C=O) groups is 1. The topological polar surface area (TPSA) is 58.8 Å². The summed E-state index contributed by atoms with van der Waals surface area (Å²) in [5.74, 6) is 2.41. The zero-order valence-corrected chi connectivity index (χ0v) is 17.5.